The van der Waals surface area contributed by atoms with Crippen molar-refractivity contribution < 1.29 is 4.39 Å². The van der Waals surface area contributed by atoms with Crippen LogP contribution in [0.15, 0.2) is 528 Å². The Hall–Kier alpha value is -18.7. The van der Waals surface area contributed by atoms with E-state index in [9.17, 15) is 4.39 Å². The van der Waals surface area contributed by atoms with Crippen molar-refractivity contribution in [2.45, 2.75) is 0 Å². The van der Waals surface area contributed by atoms with Gasteiger partial charge in [0.05, 0.1) is 66.2 Å². The Morgan fingerprint density at radius 3 is 0.638 bits per heavy atom. The van der Waals surface area contributed by atoms with Crippen molar-refractivity contribution in [3.05, 3.63) is 534 Å². The van der Waals surface area contributed by atoms with Crippen molar-refractivity contribution in [2.75, 3.05) is 0 Å². The van der Waals surface area contributed by atoms with Crippen LogP contribution < -0.4 is 0 Å². The van der Waals surface area contributed by atoms with Crippen LogP contribution >= 0.6 is 0 Å². The van der Waals surface area contributed by atoms with Gasteiger partial charge in [-0.2, -0.15) is 0 Å². The molecule has 6 aromatic heterocycles. The molecule has 0 radical (unpaired) electrons. The molecular formula is C134H87FN6. The molecule has 23 aromatic carbocycles. The van der Waals surface area contributed by atoms with Crippen molar-refractivity contribution in [3.63, 3.8) is 0 Å². The minimum absolute atomic E-state index is 0.235. The Balaban J connectivity index is 0.000000106. The van der Waals surface area contributed by atoms with E-state index in [1.165, 1.54) is 226 Å². The molecule has 141 heavy (non-hydrogen) atoms. The lowest BCUT2D eigenvalue weighted by atomic mass is 9.99. The summed E-state index contributed by atoms with van der Waals surface area (Å²) in [4.78, 5) is 0. The fraction of sp³-hybridized carbons (Fsp3) is 0. The second-order valence-electron chi connectivity index (χ2n) is 36.8. The second kappa shape index (κ2) is 34.0. The van der Waals surface area contributed by atoms with Crippen LogP contribution in [0.2, 0.25) is 0 Å². The third kappa shape index (κ3) is 14.2. The minimum Gasteiger partial charge on any atom is -0.309 e. The van der Waals surface area contributed by atoms with E-state index < -0.39 is 0 Å². The number of hydrogen-bond acceptors (Lipinski definition) is 0. The molecule has 660 valence electrons. The number of aromatic nitrogens is 6. The SMILES string of the molecule is Fc1ccc(-n2c3ccccc3c3cc(-c4ccc5c(c4)c4ccccc4n5-c4ccc(-c5ccc6ccccc6c5)cc4)ccc32)cc1.c1ccc(-c2ccc3c4ccc(-c5ccc6c7ccccc7n(-c7ccccc7)c6c5)cc4n(-c4ccccc4)c3c2)cc1.c1ccc(-n2c3ccccc3c3cc(-c4ccc5c(c4)c4ccc(-c6ccc7ccccc7c6)cc4n5-c4ccccc4)ccc32)cc1. The van der Waals surface area contributed by atoms with E-state index in [0.29, 0.717) is 0 Å². The predicted octanol–water partition coefficient (Wildman–Crippen LogP) is 36.1. The van der Waals surface area contributed by atoms with Crippen molar-refractivity contribution in [3.8, 4) is 101 Å². The van der Waals surface area contributed by atoms with E-state index in [1.54, 1.807) is 0 Å². The summed E-state index contributed by atoms with van der Waals surface area (Å²) < 4.78 is 28.0. The minimum atomic E-state index is -0.235. The maximum absolute atomic E-state index is 13.8. The standard InChI is InChI=1S/C46H29FN2.C46H30N2.C42H28N2/c47-36-19-23-38(24-20-36)49-44-12-6-4-10-40(44)42-29-35(18-26-46(42)49)34-17-25-45-41(28-34)39-9-3-5-11-43(39)48(45)37-21-15-31(16-22-37)33-14-13-30-7-1-2-8-32(30)27-33;1-3-13-37(14-4-1)47-43-18-10-9-17-39(43)41-28-34(22-25-44(41)47)35-23-26-45-42(29-35)40-24-21-36(30-46(40)48(45)38-15-5-2-6-16-38)33-20-19-31-11-7-8-12-32(31)27-33;1-4-12-29(13-5-1)30-20-23-37-38-25-22-32(28-42(38)44(41(37)26-30)34-16-8-3-9-17-34)31-21-24-36-35-18-10-11-19-39(35)43(40(36)27-31)33-14-6-2-7-15-33/h1-29H;1-30H;1-28H. The number of nitrogens with zero attached hydrogens (tertiary/aromatic N) is 6. The number of rotatable bonds is 12. The Labute approximate surface area is 812 Å². The second-order valence-corrected chi connectivity index (χ2v) is 36.8. The van der Waals surface area contributed by atoms with E-state index in [1.807, 2.05) is 12.1 Å². The van der Waals surface area contributed by atoms with Gasteiger partial charge in [-0.25, -0.2) is 4.39 Å². The molecule has 0 spiro atoms. The Kier molecular flexibility index (Phi) is 19.7. The quantitative estimate of drug-likeness (QED) is 0.117. The molecule has 0 aliphatic carbocycles. The Morgan fingerprint density at radius 2 is 0.298 bits per heavy atom. The number of hydrogen-bond donors (Lipinski definition) is 0. The van der Waals surface area contributed by atoms with Gasteiger partial charge in [-0.3, -0.25) is 0 Å². The highest BCUT2D eigenvalue weighted by Crippen LogP contribution is 2.46. The summed E-state index contributed by atoms with van der Waals surface area (Å²) in [5.74, 6) is -0.235. The van der Waals surface area contributed by atoms with Crippen LogP contribution in [0.25, 0.3) is 253 Å². The molecule has 29 aromatic rings. The summed E-state index contributed by atoms with van der Waals surface area (Å²) in [5, 5.41) is 19.9. The molecule has 0 atom stereocenters. The van der Waals surface area contributed by atoms with Crippen LogP contribution in [0.3, 0.4) is 0 Å². The van der Waals surface area contributed by atoms with Gasteiger partial charge >= 0.3 is 0 Å². The first kappa shape index (κ1) is 81.8. The third-order valence-electron chi connectivity index (χ3n) is 28.8. The average Bonchev–Trinajstić information content (AvgIpc) is 1.65. The van der Waals surface area contributed by atoms with E-state index >= 15 is 0 Å². The van der Waals surface area contributed by atoms with E-state index in [-0.39, 0.29) is 5.82 Å². The van der Waals surface area contributed by atoms with Crippen molar-refractivity contribution in [2.24, 2.45) is 0 Å². The number of halogens is 1. The lowest BCUT2D eigenvalue weighted by Gasteiger charge is -2.11. The molecule has 0 fully saturated rings. The first-order chi connectivity index (χ1) is 69.8. The fourth-order valence-corrected chi connectivity index (χ4v) is 22.1. The van der Waals surface area contributed by atoms with Crippen molar-refractivity contribution >= 4 is 152 Å². The van der Waals surface area contributed by atoms with Gasteiger partial charge < -0.3 is 27.4 Å². The zero-order valence-electron chi connectivity index (χ0n) is 76.8. The number of para-hydroxylation sites is 8. The van der Waals surface area contributed by atoms with Crippen molar-refractivity contribution in [1.82, 2.24) is 27.4 Å². The monoisotopic (exact) mass is 1800 g/mol. The molecule has 6 nitrogen and oxygen atoms in total. The zero-order chi connectivity index (χ0) is 93.1. The van der Waals surface area contributed by atoms with E-state index in [2.05, 4.69) is 531 Å². The van der Waals surface area contributed by atoms with Crippen LogP contribution in [0, 0.1) is 5.82 Å². The molecule has 0 amide bonds. The molecule has 0 unspecified atom stereocenters. The summed E-state index contributed by atoms with van der Waals surface area (Å²) >= 11 is 0. The molecule has 29 rings (SSSR count). The van der Waals surface area contributed by atoms with Gasteiger partial charge in [0.2, 0.25) is 0 Å². The summed E-state index contributed by atoms with van der Waals surface area (Å²) in [6, 6.07) is 189. The molecule has 0 N–H and O–H groups in total. The Bertz CT molecular complexity index is 9980. The maximum Gasteiger partial charge on any atom is 0.123 e. The molecule has 0 saturated heterocycles. The maximum atomic E-state index is 13.8. The summed E-state index contributed by atoms with van der Waals surface area (Å²) in [7, 11) is 0. The van der Waals surface area contributed by atoms with Crippen LogP contribution in [0.1, 0.15) is 0 Å². The van der Waals surface area contributed by atoms with Gasteiger partial charge in [0, 0.05) is 98.8 Å². The van der Waals surface area contributed by atoms with Gasteiger partial charge in [0.1, 0.15) is 5.82 Å². The Morgan fingerprint density at radius 1 is 0.106 bits per heavy atom. The van der Waals surface area contributed by atoms with Gasteiger partial charge in [0.25, 0.3) is 0 Å². The van der Waals surface area contributed by atoms with Gasteiger partial charge in [-0.05, 0) is 282 Å². The molecule has 0 aliphatic rings. The third-order valence-corrected chi connectivity index (χ3v) is 28.8. The van der Waals surface area contributed by atoms with Gasteiger partial charge in [-0.1, -0.05) is 334 Å². The summed E-state index contributed by atoms with van der Waals surface area (Å²) in [5.41, 5.74) is 35.5. The van der Waals surface area contributed by atoms with Crippen molar-refractivity contribution in [1.29, 1.82) is 0 Å². The summed E-state index contributed by atoms with van der Waals surface area (Å²) in [6.07, 6.45) is 0. The highest BCUT2D eigenvalue weighted by Gasteiger charge is 2.24. The number of fused-ring (bicyclic) bond motifs is 20. The zero-order valence-corrected chi connectivity index (χ0v) is 76.8. The highest BCUT2D eigenvalue weighted by atomic mass is 19.1. The lowest BCUT2D eigenvalue weighted by molar-refractivity contribution is 0.627. The largest absolute Gasteiger partial charge is 0.309 e. The molecule has 0 saturated carbocycles. The van der Waals surface area contributed by atoms with Crippen LogP contribution in [0.5, 0.6) is 0 Å². The first-order valence-corrected chi connectivity index (χ1v) is 48.3. The number of benzene rings is 23. The normalized spacial score (nSPS) is 11.7. The van der Waals surface area contributed by atoms with Gasteiger partial charge in [-0.15, -0.1) is 0 Å². The molecular weight excluding hydrogens is 1710 g/mol. The smallest absolute Gasteiger partial charge is 0.123 e. The molecule has 6 heterocycles. The lowest BCUT2D eigenvalue weighted by Crippen LogP contribution is -1.94. The summed E-state index contributed by atoms with van der Waals surface area (Å²) in [6.45, 7) is 0. The first-order valence-electron chi connectivity index (χ1n) is 48.3. The molecule has 0 bridgehead atoms. The predicted molar refractivity (Wildman–Crippen MR) is 593 cm³/mol. The topological polar surface area (TPSA) is 29.6 Å². The van der Waals surface area contributed by atoms with E-state index in [4.69, 9.17) is 0 Å². The van der Waals surface area contributed by atoms with E-state index in [0.717, 1.165) is 39.3 Å². The van der Waals surface area contributed by atoms with Gasteiger partial charge in [0.15, 0.2) is 0 Å². The molecule has 0 aliphatic heterocycles. The van der Waals surface area contributed by atoms with Crippen LogP contribution in [-0.2, 0) is 0 Å². The van der Waals surface area contributed by atoms with Crippen LogP contribution in [-0.4, -0.2) is 27.4 Å². The average molecular weight is 1800 g/mol. The van der Waals surface area contributed by atoms with Crippen LogP contribution in [0.4, 0.5) is 4.39 Å². The highest BCUT2D eigenvalue weighted by molar-refractivity contribution is 6.18. The fourth-order valence-electron chi connectivity index (χ4n) is 22.1. The molecule has 7 heteroatoms.